The zero-order chi connectivity index (χ0) is 53.4. The van der Waals surface area contributed by atoms with Gasteiger partial charge in [0.1, 0.15) is 35.8 Å². The number of aliphatic hydroxyl groups is 1. The lowest BCUT2D eigenvalue weighted by molar-refractivity contribution is -0.138. The van der Waals surface area contributed by atoms with E-state index in [4.69, 9.17) is 79.1 Å². The Morgan fingerprint density at radius 2 is 1.08 bits per heavy atom. The first-order valence-corrected chi connectivity index (χ1v) is 24.7. The van der Waals surface area contributed by atoms with Gasteiger partial charge < -0.3 is 14.6 Å². The minimum atomic E-state index is -4.94. The van der Waals surface area contributed by atoms with Crippen molar-refractivity contribution in [2.45, 2.75) is 35.7 Å². The summed E-state index contributed by atoms with van der Waals surface area (Å²) in [5.74, 6) is -1.48. The Balaban J connectivity index is 0.000000323. The number of anilines is 2. The van der Waals surface area contributed by atoms with Crippen LogP contribution in [0.2, 0.25) is 30.1 Å². The third-order valence-electron chi connectivity index (χ3n) is 8.99. The van der Waals surface area contributed by atoms with Crippen LogP contribution in [0.4, 0.5) is 46.5 Å². The van der Waals surface area contributed by atoms with Gasteiger partial charge >= 0.3 is 12.4 Å². The van der Waals surface area contributed by atoms with Gasteiger partial charge in [-0.2, -0.15) is 26.3 Å². The van der Waals surface area contributed by atoms with Crippen molar-refractivity contribution < 1.29 is 71.3 Å². The van der Waals surface area contributed by atoms with E-state index in [9.17, 15) is 61.9 Å². The average molecular weight is 1240 g/mol. The number of rotatable bonds is 13. The molecule has 6 rings (SSSR count). The molecule has 0 aliphatic heterocycles. The summed E-state index contributed by atoms with van der Waals surface area (Å²) in [6, 6.07) is 14.4. The molecule has 4 aromatic carbocycles. The maximum absolute atomic E-state index is 14.5. The van der Waals surface area contributed by atoms with E-state index >= 15 is 0 Å². The van der Waals surface area contributed by atoms with Crippen molar-refractivity contribution in [2.75, 3.05) is 36.3 Å². The Morgan fingerprint density at radius 1 is 0.653 bits per heavy atom. The number of sulfonamides is 2. The average Bonchev–Trinajstić information content (AvgIpc) is 3.28. The van der Waals surface area contributed by atoms with E-state index in [1.165, 1.54) is 49.7 Å². The minimum absolute atomic E-state index is 0. The molecule has 0 saturated carbocycles. The van der Waals surface area contributed by atoms with Crippen LogP contribution in [0.3, 0.4) is 0 Å². The first-order valence-electron chi connectivity index (χ1n) is 18.8. The molecular formula is C43H33BrCl6F8N4O8S2. The topological polar surface area (TPSA) is 156 Å². The summed E-state index contributed by atoms with van der Waals surface area (Å²) in [6.07, 6.45) is -8.88. The third-order valence-corrected chi connectivity index (χ3v) is 14.8. The summed E-state index contributed by atoms with van der Waals surface area (Å²) in [6.45, 7) is -1.20. The van der Waals surface area contributed by atoms with Crippen molar-refractivity contribution in [2.24, 2.45) is 0 Å². The summed E-state index contributed by atoms with van der Waals surface area (Å²) < 4.78 is 170. The van der Waals surface area contributed by atoms with Crippen LogP contribution >= 0.6 is 85.5 Å². The molecule has 1 atom stereocenters. The SMILES string of the molecule is C.COCN(c1cc(Cl)cnc1Br)S(=O)(=O)c1ccc(Cl)c(C(F)(F)F)c1.COCN(c1cc(Cl)cnc1C(O)c1c(F)cccc1Cl)S(=O)(=O)c1ccc(Cl)c(C(F)(F)F)c1.O=Cc1c(F)cccc1Cl. The Bertz CT molecular complexity index is 3090. The molecule has 2 aromatic heterocycles. The molecule has 0 aliphatic rings. The molecule has 1 N–H and O–H groups in total. The summed E-state index contributed by atoms with van der Waals surface area (Å²) in [4.78, 5) is 16.6. The number of hydrogen-bond donors (Lipinski definition) is 1. The lowest BCUT2D eigenvalue weighted by Crippen LogP contribution is -2.34. The monoisotopic (exact) mass is 1240 g/mol. The van der Waals surface area contributed by atoms with E-state index in [0.29, 0.717) is 22.7 Å². The van der Waals surface area contributed by atoms with Gasteiger partial charge in [0.15, 0.2) is 6.29 Å². The van der Waals surface area contributed by atoms with Crippen LogP contribution < -0.4 is 8.61 Å². The van der Waals surface area contributed by atoms with Crippen LogP contribution in [-0.4, -0.2) is 65.9 Å². The van der Waals surface area contributed by atoms with E-state index in [2.05, 4.69) is 25.9 Å². The zero-order valence-corrected chi connectivity index (χ0v) is 43.1. The number of aldehydes is 1. The predicted octanol–water partition coefficient (Wildman–Crippen LogP) is 14.0. The molecule has 0 bridgehead atoms. The van der Waals surface area contributed by atoms with Crippen molar-refractivity contribution in [3.05, 3.63) is 172 Å². The third kappa shape index (κ3) is 15.0. The van der Waals surface area contributed by atoms with Crippen LogP contribution in [0.25, 0.3) is 0 Å². The van der Waals surface area contributed by atoms with Crippen LogP contribution in [0.1, 0.15) is 46.3 Å². The van der Waals surface area contributed by atoms with Gasteiger partial charge in [0, 0.05) is 37.2 Å². The molecule has 72 heavy (non-hydrogen) atoms. The van der Waals surface area contributed by atoms with Gasteiger partial charge in [-0.25, -0.2) is 39.2 Å². The molecule has 0 radical (unpaired) electrons. The van der Waals surface area contributed by atoms with Crippen molar-refractivity contribution in [1.29, 1.82) is 0 Å². The fourth-order valence-corrected chi connectivity index (χ4v) is 10.3. The number of aliphatic hydroxyl groups excluding tert-OH is 1. The fraction of sp³-hybridized carbons (Fsp3) is 0.186. The van der Waals surface area contributed by atoms with E-state index < -0.39 is 106 Å². The van der Waals surface area contributed by atoms with E-state index in [1.807, 2.05) is 0 Å². The largest absolute Gasteiger partial charge is 0.417 e. The number of hydrogen-bond acceptors (Lipinski definition) is 10. The summed E-state index contributed by atoms with van der Waals surface area (Å²) in [7, 11) is -6.85. The Hall–Kier alpha value is -4.11. The maximum atomic E-state index is 14.5. The van der Waals surface area contributed by atoms with Crippen molar-refractivity contribution in [3.63, 3.8) is 0 Å². The van der Waals surface area contributed by atoms with Crippen LogP contribution in [0.15, 0.2) is 112 Å². The molecule has 390 valence electrons. The molecule has 12 nitrogen and oxygen atoms in total. The number of halogens is 15. The van der Waals surface area contributed by atoms with E-state index in [1.54, 1.807) is 0 Å². The van der Waals surface area contributed by atoms with Gasteiger partial charge in [0.05, 0.1) is 68.7 Å². The Labute approximate surface area is 445 Å². The Kier molecular flexibility index (Phi) is 22.4. The van der Waals surface area contributed by atoms with Crippen molar-refractivity contribution in [3.8, 4) is 0 Å². The number of benzene rings is 4. The quantitative estimate of drug-likeness (QED) is 0.0511. The number of carbonyl (C=O) groups is 1. The minimum Gasteiger partial charge on any atom is -0.382 e. The molecule has 1 unspecified atom stereocenters. The molecule has 0 spiro atoms. The smallest absolute Gasteiger partial charge is 0.382 e. The van der Waals surface area contributed by atoms with Gasteiger partial charge in [0.2, 0.25) is 0 Å². The van der Waals surface area contributed by atoms with Crippen LogP contribution in [0.5, 0.6) is 0 Å². The highest BCUT2D eigenvalue weighted by molar-refractivity contribution is 9.10. The first kappa shape index (κ1) is 62.2. The standard InChI is InChI=1S/C21H15Cl3F4N2O4S.C14H10BrCl2F3N2O3S.C7H4ClFO.CH4/c1-34-10-30(35(32,33)12-5-6-14(23)13(8-12)21(26,27)28)17-7-11(22)9-29-19(17)20(31)18-15(24)3-2-4-16(18)25;1-25-7-22(12-4-8(16)6-21-13(12)15)26(23,24)9-2-3-11(17)10(5-9)14(18,19)20;8-6-2-1-3-7(9)5(6)4-10;/h2-9,20,31H,10H2,1H3;2-6H,7H2,1H3;1-4H;1H4. The van der Waals surface area contributed by atoms with Gasteiger partial charge in [-0.05, 0) is 88.7 Å². The van der Waals surface area contributed by atoms with E-state index in [0.717, 1.165) is 54.0 Å². The summed E-state index contributed by atoms with van der Waals surface area (Å²) in [5.41, 5.74) is -3.89. The molecule has 29 heteroatoms. The van der Waals surface area contributed by atoms with E-state index in [-0.39, 0.29) is 49.1 Å². The number of methoxy groups -OCH3 is 2. The highest BCUT2D eigenvalue weighted by Gasteiger charge is 2.38. The zero-order valence-electron chi connectivity index (χ0n) is 35.4. The Morgan fingerprint density at radius 3 is 1.50 bits per heavy atom. The van der Waals surface area contributed by atoms with Gasteiger partial charge in [-0.15, -0.1) is 0 Å². The van der Waals surface area contributed by atoms with Gasteiger partial charge in [0.25, 0.3) is 20.0 Å². The highest BCUT2D eigenvalue weighted by atomic mass is 79.9. The molecular weight excluding hydrogens is 1210 g/mol. The van der Waals surface area contributed by atoms with Gasteiger partial charge in [-0.1, -0.05) is 89.2 Å². The number of carbonyl (C=O) groups excluding carboxylic acids is 1. The maximum Gasteiger partial charge on any atom is 0.417 e. The number of aromatic nitrogens is 2. The lowest BCUT2D eigenvalue weighted by Gasteiger charge is -2.27. The van der Waals surface area contributed by atoms with Crippen LogP contribution in [-0.2, 0) is 41.9 Å². The molecule has 2 heterocycles. The molecule has 0 aliphatic carbocycles. The number of alkyl halides is 6. The normalized spacial score (nSPS) is 12.1. The number of nitrogens with zero attached hydrogens (tertiary/aromatic N) is 4. The van der Waals surface area contributed by atoms with Crippen molar-refractivity contribution >= 4 is 123 Å². The van der Waals surface area contributed by atoms with Crippen molar-refractivity contribution in [1.82, 2.24) is 9.97 Å². The highest BCUT2D eigenvalue weighted by Crippen LogP contribution is 2.41. The second kappa shape index (κ2) is 25.9. The first-order chi connectivity index (χ1) is 33.0. The number of pyridine rings is 2. The lowest BCUT2D eigenvalue weighted by atomic mass is 10.0. The predicted molar refractivity (Wildman–Crippen MR) is 261 cm³/mol. The second-order valence-electron chi connectivity index (χ2n) is 13.6. The molecule has 0 fully saturated rings. The fourth-order valence-electron chi connectivity index (χ4n) is 5.76. The summed E-state index contributed by atoms with van der Waals surface area (Å²) >= 11 is 37.6. The molecule has 0 amide bonds. The number of ether oxygens (including phenoxy) is 2. The van der Waals surface area contributed by atoms with Crippen LogP contribution in [0, 0.1) is 11.6 Å². The molecule has 0 saturated heterocycles. The molecule has 6 aromatic rings. The second-order valence-corrected chi connectivity index (χ2v) is 20.6. The summed E-state index contributed by atoms with van der Waals surface area (Å²) in [5, 5.41) is 9.61. The van der Waals surface area contributed by atoms with Gasteiger partial charge in [-0.3, -0.25) is 9.78 Å².